The zero-order chi connectivity index (χ0) is 24.1. The van der Waals surface area contributed by atoms with Crippen molar-refractivity contribution < 1.29 is 4.42 Å². The molecule has 5 aromatic carbocycles. The van der Waals surface area contributed by atoms with Crippen LogP contribution in [0.15, 0.2) is 120 Å². The molecule has 2 aromatic heterocycles. The Kier molecular flexibility index (Phi) is 4.83. The lowest BCUT2D eigenvalue weighted by Gasteiger charge is -2.11. The molecule has 3 nitrogen and oxygen atoms in total. The number of fused-ring (bicyclic) bond motifs is 5. The van der Waals surface area contributed by atoms with E-state index in [0.29, 0.717) is 16.4 Å². The molecule has 0 aliphatic heterocycles. The van der Waals surface area contributed by atoms with E-state index in [1.54, 1.807) is 0 Å². The van der Waals surface area contributed by atoms with Gasteiger partial charge in [0.05, 0.1) is 16.4 Å². The summed E-state index contributed by atoms with van der Waals surface area (Å²) < 4.78 is 6.30. The summed E-state index contributed by atoms with van der Waals surface area (Å²) in [5, 5.41) is 4.81. The van der Waals surface area contributed by atoms with Gasteiger partial charge in [0.25, 0.3) is 0 Å². The van der Waals surface area contributed by atoms with E-state index in [1.165, 1.54) is 0 Å². The number of rotatable bonds is 3. The normalized spacial score (nSPS) is 11.5. The number of hydrogen-bond acceptors (Lipinski definition) is 3. The number of para-hydroxylation sites is 1. The first kappa shape index (κ1) is 20.9. The summed E-state index contributed by atoms with van der Waals surface area (Å²) in [7, 11) is 0. The van der Waals surface area contributed by atoms with E-state index >= 15 is 0 Å². The number of aromatic nitrogens is 2. The summed E-state index contributed by atoms with van der Waals surface area (Å²) in [5.41, 5.74) is 6.21. The Morgan fingerprint density at radius 3 is 1.81 bits per heavy atom. The van der Waals surface area contributed by atoms with Crippen LogP contribution < -0.4 is 0 Å². The topological polar surface area (TPSA) is 38.9 Å². The highest BCUT2D eigenvalue weighted by Crippen LogP contribution is 2.41. The van der Waals surface area contributed by atoms with Crippen molar-refractivity contribution in [2.24, 2.45) is 0 Å². The van der Waals surface area contributed by atoms with Crippen LogP contribution in [0.2, 0.25) is 5.02 Å². The van der Waals surface area contributed by atoms with Crippen LogP contribution in [0.3, 0.4) is 0 Å². The molecule has 0 unspecified atom stereocenters. The molecule has 0 aliphatic rings. The lowest BCUT2D eigenvalue weighted by Crippen LogP contribution is -1.96. The van der Waals surface area contributed by atoms with Gasteiger partial charge in [-0.2, -0.15) is 0 Å². The lowest BCUT2D eigenvalue weighted by atomic mass is 9.98. The van der Waals surface area contributed by atoms with Crippen molar-refractivity contribution in [3.05, 3.63) is 120 Å². The van der Waals surface area contributed by atoms with Crippen molar-refractivity contribution in [1.82, 2.24) is 9.97 Å². The van der Waals surface area contributed by atoms with E-state index in [4.69, 9.17) is 26.0 Å². The van der Waals surface area contributed by atoms with Gasteiger partial charge in [0.1, 0.15) is 5.58 Å². The molecule has 2 heterocycles. The fourth-order valence-corrected chi connectivity index (χ4v) is 5.11. The predicted molar refractivity (Wildman–Crippen MR) is 148 cm³/mol. The van der Waals surface area contributed by atoms with Crippen molar-refractivity contribution in [2.75, 3.05) is 0 Å². The zero-order valence-electron chi connectivity index (χ0n) is 19.2. The van der Waals surface area contributed by atoms with Gasteiger partial charge in [-0.1, -0.05) is 109 Å². The van der Waals surface area contributed by atoms with Gasteiger partial charge in [0, 0.05) is 27.5 Å². The number of furan rings is 1. The van der Waals surface area contributed by atoms with Crippen molar-refractivity contribution >= 4 is 44.3 Å². The van der Waals surface area contributed by atoms with Crippen LogP contribution in [0.1, 0.15) is 0 Å². The summed E-state index contributed by atoms with van der Waals surface area (Å²) >= 11 is 6.50. The highest BCUT2D eigenvalue weighted by atomic mass is 35.5. The highest BCUT2D eigenvalue weighted by Gasteiger charge is 2.18. The van der Waals surface area contributed by atoms with Crippen LogP contribution in [-0.4, -0.2) is 9.97 Å². The van der Waals surface area contributed by atoms with Crippen LogP contribution in [0, 0.1) is 0 Å². The Hall–Kier alpha value is -4.47. The fraction of sp³-hybridized carbons (Fsp3) is 0. The minimum absolute atomic E-state index is 0.600. The van der Waals surface area contributed by atoms with Gasteiger partial charge in [-0.15, -0.1) is 0 Å². The summed E-state index contributed by atoms with van der Waals surface area (Å²) in [6.07, 6.45) is 0. The second-order valence-corrected chi connectivity index (χ2v) is 9.16. The van der Waals surface area contributed by atoms with E-state index in [1.807, 2.05) is 66.7 Å². The molecule has 7 aromatic rings. The Labute approximate surface area is 212 Å². The second-order valence-electron chi connectivity index (χ2n) is 8.76. The molecule has 36 heavy (non-hydrogen) atoms. The molecular weight excluding hydrogens is 464 g/mol. The van der Waals surface area contributed by atoms with Gasteiger partial charge >= 0.3 is 0 Å². The lowest BCUT2D eigenvalue weighted by molar-refractivity contribution is 0.669. The third kappa shape index (κ3) is 3.36. The van der Waals surface area contributed by atoms with Crippen LogP contribution in [-0.2, 0) is 0 Å². The van der Waals surface area contributed by atoms with E-state index in [2.05, 4.69) is 48.5 Å². The quantitative estimate of drug-likeness (QED) is 0.252. The SMILES string of the molecule is Clc1cccc2c1oc1cc(-c3nc(-c4ccccc4)cc(-c4ccccc4)n3)c3ccccc3c12. The smallest absolute Gasteiger partial charge is 0.161 e. The van der Waals surface area contributed by atoms with Gasteiger partial charge < -0.3 is 4.42 Å². The van der Waals surface area contributed by atoms with E-state index in [0.717, 1.165) is 55.2 Å². The molecule has 0 saturated carbocycles. The van der Waals surface area contributed by atoms with Gasteiger partial charge in [-0.05, 0) is 29.0 Å². The summed E-state index contributed by atoms with van der Waals surface area (Å²) in [5.74, 6) is 0.653. The number of benzene rings is 5. The molecule has 0 bridgehead atoms. The monoisotopic (exact) mass is 482 g/mol. The molecule has 7 rings (SSSR count). The standard InChI is InChI=1S/C32H19ClN2O/c33-26-17-9-16-24-30-23-15-8-7-14-22(23)25(18-29(30)36-31(24)26)32-34-27(20-10-3-1-4-11-20)19-28(35-32)21-12-5-2-6-13-21/h1-19H. The Morgan fingerprint density at radius 2 is 1.14 bits per heavy atom. The van der Waals surface area contributed by atoms with E-state index in [9.17, 15) is 0 Å². The fourth-order valence-electron chi connectivity index (χ4n) is 4.89. The minimum atomic E-state index is 0.600. The number of nitrogens with zero attached hydrogens (tertiary/aromatic N) is 2. The molecule has 0 radical (unpaired) electrons. The molecular formula is C32H19ClN2O. The maximum absolute atomic E-state index is 6.50. The number of hydrogen-bond donors (Lipinski definition) is 0. The largest absolute Gasteiger partial charge is 0.454 e. The Bertz CT molecular complexity index is 1840. The second kappa shape index (κ2) is 8.33. The average Bonchev–Trinajstić information content (AvgIpc) is 3.33. The summed E-state index contributed by atoms with van der Waals surface area (Å²) in [6.45, 7) is 0. The van der Waals surface area contributed by atoms with E-state index < -0.39 is 0 Å². The molecule has 0 amide bonds. The maximum atomic E-state index is 6.50. The third-order valence-electron chi connectivity index (χ3n) is 6.56. The molecule has 0 N–H and O–H groups in total. The van der Waals surface area contributed by atoms with Crippen LogP contribution >= 0.6 is 11.6 Å². The van der Waals surface area contributed by atoms with Crippen molar-refractivity contribution in [2.45, 2.75) is 0 Å². The predicted octanol–water partition coefficient (Wildman–Crippen LogP) is 9.18. The molecule has 0 saturated heterocycles. The molecule has 0 atom stereocenters. The van der Waals surface area contributed by atoms with Crippen LogP contribution in [0.4, 0.5) is 0 Å². The first-order valence-electron chi connectivity index (χ1n) is 11.8. The van der Waals surface area contributed by atoms with Crippen LogP contribution in [0.25, 0.3) is 66.6 Å². The summed E-state index contributed by atoms with van der Waals surface area (Å²) in [4.78, 5) is 10.1. The van der Waals surface area contributed by atoms with E-state index in [-0.39, 0.29) is 0 Å². The number of halogens is 1. The zero-order valence-corrected chi connectivity index (χ0v) is 19.9. The molecule has 0 fully saturated rings. The molecule has 170 valence electrons. The van der Waals surface area contributed by atoms with Gasteiger partial charge in [-0.3, -0.25) is 0 Å². The van der Waals surface area contributed by atoms with Crippen molar-refractivity contribution in [1.29, 1.82) is 0 Å². The minimum Gasteiger partial charge on any atom is -0.454 e. The molecule has 0 spiro atoms. The molecule has 0 aliphatic carbocycles. The van der Waals surface area contributed by atoms with Gasteiger partial charge in [0.15, 0.2) is 11.4 Å². The highest BCUT2D eigenvalue weighted by molar-refractivity contribution is 6.36. The summed E-state index contributed by atoms with van der Waals surface area (Å²) in [6, 6.07) is 38.7. The average molecular weight is 483 g/mol. The van der Waals surface area contributed by atoms with Gasteiger partial charge in [0.2, 0.25) is 0 Å². The van der Waals surface area contributed by atoms with Crippen molar-refractivity contribution in [3.63, 3.8) is 0 Å². The van der Waals surface area contributed by atoms with Crippen LogP contribution in [0.5, 0.6) is 0 Å². The maximum Gasteiger partial charge on any atom is 0.161 e. The van der Waals surface area contributed by atoms with Gasteiger partial charge in [-0.25, -0.2) is 9.97 Å². The first-order valence-corrected chi connectivity index (χ1v) is 12.2. The third-order valence-corrected chi connectivity index (χ3v) is 6.86. The molecule has 4 heteroatoms. The Morgan fingerprint density at radius 1 is 0.556 bits per heavy atom. The first-order chi connectivity index (χ1) is 17.8. The Balaban J connectivity index is 1.56. The van der Waals surface area contributed by atoms with Crippen molar-refractivity contribution in [3.8, 4) is 33.9 Å².